The van der Waals surface area contributed by atoms with Crippen molar-refractivity contribution in [1.82, 2.24) is 15.0 Å². The molecule has 0 saturated carbocycles. The second-order valence-corrected chi connectivity index (χ2v) is 5.17. The van der Waals surface area contributed by atoms with Crippen molar-refractivity contribution < 1.29 is 14.6 Å². The second kappa shape index (κ2) is 8.51. The maximum atomic E-state index is 9.22. The molecule has 0 fully saturated rings. The Labute approximate surface area is 130 Å². The smallest absolute Gasteiger partial charge is 0.119 e. The number of unbranched alkanes of at least 4 members (excludes halogenated alkanes) is 1. The molecule has 0 aliphatic rings. The number of nitrogens with zero attached hydrogens (tertiary/aromatic N) is 3. The van der Waals surface area contributed by atoms with Crippen LogP contribution in [0.2, 0.25) is 0 Å². The van der Waals surface area contributed by atoms with Crippen LogP contribution in [0.1, 0.15) is 29.8 Å². The van der Waals surface area contributed by atoms with Crippen LogP contribution in [-0.4, -0.2) is 33.8 Å². The first-order chi connectivity index (χ1) is 10.7. The van der Waals surface area contributed by atoms with Crippen LogP contribution < -0.4 is 4.74 Å². The van der Waals surface area contributed by atoms with Crippen LogP contribution >= 0.6 is 0 Å². The zero-order valence-corrected chi connectivity index (χ0v) is 13.2. The average molecular weight is 305 g/mol. The van der Waals surface area contributed by atoms with Gasteiger partial charge in [0.1, 0.15) is 11.4 Å². The van der Waals surface area contributed by atoms with Gasteiger partial charge in [0.25, 0.3) is 0 Å². The fourth-order valence-corrected chi connectivity index (χ4v) is 2.15. The van der Waals surface area contributed by atoms with Gasteiger partial charge in [-0.05, 0) is 31.9 Å². The van der Waals surface area contributed by atoms with Crippen LogP contribution in [0.5, 0.6) is 5.75 Å². The van der Waals surface area contributed by atoms with Gasteiger partial charge in [-0.3, -0.25) is 0 Å². The third-order valence-corrected chi connectivity index (χ3v) is 3.40. The zero-order chi connectivity index (χ0) is 15.8. The molecule has 0 amide bonds. The van der Waals surface area contributed by atoms with Gasteiger partial charge in [-0.2, -0.15) is 0 Å². The zero-order valence-electron chi connectivity index (χ0n) is 13.2. The van der Waals surface area contributed by atoms with Gasteiger partial charge in [-0.15, -0.1) is 5.10 Å². The van der Waals surface area contributed by atoms with Crippen molar-refractivity contribution in [2.75, 3.05) is 13.7 Å². The van der Waals surface area contributed by atoms with Crippen LogP contribution in [0.25, 0.3) is 0 Å². The highest BCUT2D eigenvalue weighted by atomic mass is 16.5. The molecule has 0 aliphatic carbocycles. The summed E-state index contributed by atoms with van der Waals surface area (Å²) in [5, 5.41) is 17.2. The van der Waals surface area contributed by atoms with Crippen molar-refractivity contribution in [2.45, 2.75) is 39.5 Å². The molecule has 0 bridgehead atoms. The molecular formula is C16H23N3O3. The van der Waals surface area contributed by atoms with E-state index in [2.05, 4.69) is 17.2 Å². The van der Waals surface area contributed by atoms with Crippen LogP contribution in [0.4, 0.5) is 0 Å². The molecule has 2 aromatic rings. The fourth-order valence-electron chi connectivity index (χ4n) is 2.15. The summed E-state index contributed by atoms with van der Waals surface area (Å²) in [6.45, 7) is 3.76. The van der Waals surface area contributed by atoms with E-state index in [1.807, 2.05) is 24.3 Å². The Morgan fingerprint density at radius 1 is 1.18 bits per heavy atom. The first-order valence-corrected chi connectivity index (χ1v) is 7.45. The third kappa shape index (κ3) is 4.54. The molecule has 0 spiro atoms. The van der Waals surface area contributed by atoms with E-state index in [9.17, 15) is 5.11 Å². The Morgan fingerprint density at radius 3 is 2.64 bits per heavy atom. The molecule has 0 atom stereocenters. The van der Waals surface area contributed by atoms with Crippen molar-refractivity contribution in [3.05, 3.63) is 41.2 Å². The predicted molar refractivity (Wildman–Crippen MR) is 82.6 cm³/mol. The summed E-state index contributed by atoms with van der Waals surface area (Å²) in [5.41, 5.74) is 2.64. The molecule has 6 heteroatoms. The molecule has 0 aliphatic heterocycles. The van der Waals surface area contributed by atoms with Crippen LogP contribution in [0.15, 0.2) is 24.3 Å². The van der Waals surface area contributed by atoms with E-state index < -0.39 is 0 Å². The van der Waals surface area contributed by atoms with Gasteiger partial charge < -0.3 is 14.6 Å². The van der Waals surface area contributed by atoms with Gasteiger partial charge >= 0.3 is 0 Å². The first-order valence-electron chi connectivity index (χ1n) is 7.45. The minimum absolute atomic E-state index is 0.116. The van der Waals surface area contributed by atoms with Gasteiger partial charge in [0, 0.05) is 13.7 Å². The molecule has 1 aromatic heterocycles. The highest BCUT2D eigenvalue weighted by molar-refractivity contribution is 5.26. The highest BCUT2D eigenvalue weighted by Crippen LogP contribution is 2.12. The summed E-state index contributed by atoms with van der Waals surface area (Å²) in [5.74, 6) is 0.897. The SMILES string of the molecule is COCc1c(CO)nnn1CCCCOc1ccc(C)cc1. The van der Waals surface area contributed by atoms with Crippen molar-refractivity contribution in [3.63, 3.8) is 0 Å². The lowest BCUT2D eigenvalue weighted by Crippen LogP contribution is -2.09. The summed E-state index contributed by atoms with van der Waals surface area (Å²) in [6.07, 6.45) is 1.85. The fraction of sp³-hybridized carbons (Fsp3) is 0.500. The highest BCUT2D eigenvalue weighted by Gasteiger charge is 2.11. The number of benzene rings is 1. The second-order valence-electron chi connectivity index (χ2n) is 5.17. The van der Waals surface area contributed by atoms with Gasteiger partial charge in [0.2, 0.25) is 0 Å². The molecule has 6 nitrogen and oxygen atoms in total. The van der Waals surface area contributed by atoms with E-state index in [4.69, 9.17) is 9.47 Å². The number of aliphatic hydroxyl groups excluding tert-OH is 1. The van der Waals surface area contributed by atoms with E-state index in [0.29, 0.717) is 18.9 Å². The van der Waals surface area contributed by atoms with Gasteiger partial charge in [-0.25, -0.2) is 4.68 Å². The monoisotopic (exact) mass is 305 g/mol. The van der Waals surface area contributed by atoms with Crippen LogP contribution in [0.3, 0.4) is 0 Å². The number of hydrogen-bond acceptors (Lipinski definition) is 5. The first kappa shape index (κ1) is 16.5. The molecule has 0 radical (unpaired) electrons. The molecule has 1 aromatic carbocycles. The number of ether oxygens (including phenoxy) is 2. The Balaban J connectivity index is 1.74. The molecule has 0 saturated heterocycles. The third-order valence-electron chi connectivity index (χ3n) is 3.40. The largest absolute Gasteiger partial charge is 0.494 e. The predicted octanol–water partition coefficient (Wildman–Crippen LogP) is 2.08. The normalized spacial score (nSPS) is 10.9. The molecule has 2 rings (SSSR count). The summed E-state index contributed by atoms with van der Waals surface area (Å²) in [7, 11) is 1.62. The minimum Gasteiger partial charge on any atom is -0.494 e. The average Bonchev–Trinajstić information content (AvgIpc) is 2.91. The Bertz CT molecular complexity index is 567. The van der Waals surface area contributed by atoms with E-state index in [0.717, 1.165) is 30.8 Å². The van der Waals surface area contributed by atoms with Gasteiger partial charge in [0.15, 0.2) is 0 Å². The topological polar surface area (TPSA) is 69.4 Å². The number of aliphatic hydroxyl groups is 1. The maximum Gasteiger partial charge on any atom is 0.119 e. The number of aryl methyl sites for hydroxylation is 2. The lowest BCUT2D eigenvalue weighted by Gasteiger charge is -2.08. The van der Waals surface area contributed by atoms with E-state index in [1.165, 1.54) is 5.56 Å². The molecule has 0 unspecified atom stereocenters. The molecular weight excluding hydrogens is 282 g/mol. The lowest BCUT2D eigenvalue weighted by atomic mass is 10.2. The summed E-state index contributed by atoms with van der Waals surface area (Å²) in [6, 6.07) is 8.05. The standard InChI is InChI=1S/C16H23N3O3/c1-13-5-7-14(8-6-13)22-10-4-3-9-19-16(12-21-2)15(11-20)17-18-19/h5-8,20H,3-4,9-12H2,1-2H3. The van der Waals surface area contributed by atoms with E-state index in [-0.39, 0.29) is 6.61 Å². The van der Waals surface area contributed by atoms with E-state index in [1.54, 1.807) is 11.8 Å². The quantitative estimate of drug-likeness (QED) is 0.718. The Hall–Kier alpha value is -1.92. The van der Waals surface area contributed by atoms with Crippen molar-refractivity contribution in [1.29, 1.82) is 0 Å². The summed E-state index contributed by atoms with van der Waals surface area (Å²) >= 11 is 0. The maximum absolute atomic E-state index is 9.22. The number of rotatable bonds is 9. The van der Waals surface area contributed by atoms with Crippen LogP contribution in [-0.2, 0) is 24.5 Å². The molecule has 1 heterocycles. The molecule has 1 N–H and O–H groups in total. The summed E-state index contributed by atoms with van der Waals surface area (Å²) < 4.78 is 12.6. The van der Waals surface area contributed by atoms with Crippen LogP contribution in [0, 0.1) is 6.92 Å². The van der Waals surface area contributed by atoms with Gasteiger partial charge in [-0.1, -0.05) is 22.9 Å². The summed E-state index contributed by atoms with van der Waals surface area (Å²) in [4.78, 5) is 0. The Morgan fingerprint density at radius 2 is 1.95 bits per heavy atom. The molecule has 22 heavy (non-hydrogen) atoms. The van der Waals surface area contributed by atoms with Crippen molar-refractivity contribution in [3.8, 4) is 5.75 Å². The number of aromatic nitrogens is 3. The van der Waals surface area contributed by atoms with E-state index >= 15 is 0 Å². The number of hydrogen-bond donors (Lipinski definition) is 1. The Kier molecular flexibility index (Phi) is 6.36. The molecule has 120 valence electrons. The van der Waals surface area contributed by atoms with Gasteiger partial charge in [0.05, 0.1) is 25.5 Å². The lowest BCUT2D eigenvalue weighted by molar-refractivity contribution is 0.172. The minimum atomic E-state index is -0.116. The van der Waals surface area contributed by atoms with Crippen molar-refractivity contribution >= 4 is 0 Å². The van der Waals surface area contributed by atoms with Crippen molar-refractivity contribution in [2.24, 2.45) is 0 Å². The number of methoxy groups -OCH3 is 1.